The molecule has 1 N–H and O–H groups in total. The first-order chi connectivity index (χ1) is 9.09. The summed E-state index contributed by atoms with van der Waals surface area (Å²) >= 11 is 0. The van der Waals surface area contributed by atoms with Crippen molar-refractivity contribution in [2.45, 2.75) is 33.1 Å². The number of nitrogens with zero attached hydrogens (tertiary/aromatic N) is 1. The van der Waals surface area contributed by atoms with E-state index in [1.54, 1.807) is 4.90 Å². The molecule has 4 heteroatoms. The number of aryl methyl sites for hydroxylation is 1. The number of nitrogens with one attached hydrogen (secondary N) is 1. The summed E-state index contributed by atoms with van der Waals surface area (Å²) in [5, 5.41) is 2.72. The van der Waals surface area contributed by atoms with Crippen molar-refractivity contribution >= 4 is 17.5 Å². The zero-order chi connectivity index (χ0) is 13.8. The van der Waals surface area contributed by atoms with Gasteiger partial charge in [-0.15, -0.1) is 0 Å². The van der Waals surface area contributed by atoms with Crippen LogP contribution in [0.15, 0.2) is 18.2 Å². The lowest BCUT2D eigenvalue weighted by molar-refractivity contribution is -0.143. The van der Waals surface area contributed by atoms with Gasteiger partial charge in [-0.25, -0.2) is 0 Å². The van der Waals surface area contributed by atoms with Crippen LogP contribution in [0.4, 0.5) is 5.69 Å². The number of hydrogen-bond donors (Lipinski definition) is 1. The van der Waals surface area contributed by atoms with Crippen molar-refractivity contribution in [2.24, 2.45) is 0 Å². The SMILES string of the molecule is Cc1cccc(NC(=O)C(=O)N2CCCCC2)c1C. The van der Waals surface area contributed by atoms with Crippen LogP contribution >= 0.6 is 0 Å². The van der Waals surface area contributed by atoms with E-state index in [4.69, 9.17) is 0 Å². The maximum Gasteiger partial charge on any atom is 0.313 e. The van der Waals surface area contributed by atoms with Crippen molar-refractivity contribution < 1.29 is 9.59 Å². The highest BCUT2D eigenvalue weighted by Gasteiger charge is 2.23. The number of piperidine rings is 1. The van der Waals surface area contributed by atoms with Crippen molar-refractivity contribution in [3.05, 3.63) is 29.3 Å². The minimum atomic E-state index is -0.532. The largest absolute Gasteiger partial charge is 0.334 e. The van der Waals surface area contributed by atoms with Gasteiger partial charge in [-0.1, -0.05) is 12.1 Å². The van der Waals surface area contributed by atoms with E-state index in [-0.39, 0.29) is 0 Å². The molecule has 0 spiro atoms. The number of carbonyl (C=O) groups excluding carboxylic acids is 2. The number of carbonyl (C=O) groups is 2. The summed E-state index contributed by atoms with van der Waals surface area (Å²) in [6, 6.07) is 5.69. The van der Waals surface area contributed by atoms with E-state index in [1.165, 1.54) is 0 Å². The van der Waals surface area contributed by atoms with Gasteiger partial charge in [-0.05, 0) is 50.3 Å². The van der Waals surface area contributed by atoms with Crippen LogP contribution in [0.5, 0.6) is 0 Å². The summed E-state index contributed by atoms with van der Waals surface area (Å²) < 4.78 is 0. The van der Waals surface area contributed by atoms with Crippen LogP contribution in [0.1, 0.15) is 30.4 Å². The van der Waals surface area contributed by atoms with Gasteiger partial charge < -0.3 is 10.2 Å². The number of anilines is 1. The van der Waals surface area contributed by atoms with Gasteiger partial charge in [-0.3, -0.25) is 9.59 Å². The van der Waals surface area contributed by atoms with Crippen LogP contribution in [-0.2, 0) is 9.59 Å². The molecule has 19 heavy (non-hydrogen) atoms. The number of rotatable bonds is 1. The van der Waals surface area contributed by atoms with Crippen molar-refractivity contribution in [3.63, 3.8) is 0 Å². The molecule has 1 aromatic carbocycles. The molecular weight excluding hydrogens is 240 g/mol. The fraction of sp³-hybridized carbons (Fsp3) is 0.467. The van der Waals surface area contributed by atoms with Crippen LogP contribution in [0.3, 0.4) is 0 Å². The Balaban J connectivity index is 2.04. The molecule has 1 fully saturated rings. The zero-order valence-electron chi connectivity index (χ0n) is 11.5. The van der Waals surface area contributed by atoms with Crippen LogP contribution < -0.4 is 5.32 Å². The lowest BCUT2D eigenvalue weighted by Gasteiger charge is -2.26. The maximum absolute atomic E-state index is 12.0. The third-order valence-electron chi connectivity index (χ3n) is 3.69. The molecule has 1 aromatic rings. The summed E-state index contributed by atoms with van der Waals surface area (Å²) in [5.41, 5.74) is 2.82. The van der Waals surface area contributed by atoms with E-state index in [0.717, 1.165) is 36.1 Å². The first kappa shape index (κ1) is 13.6. The Morgan fingerprint density at radius 3 is 2.47 bits per heavy atom. The molecule has 1 aliphatic heterocycles. The Labute approximate surface area is 113 Å². The predicted octanol–water partition coefficient (Wildman–Crippen LogP) is 2.25. The normalized spacial score (nSPS) is 15.2. The molecule has 102 valence electrons. The molecule has 0 saturated carbocycles. The van der Waals surface area contributed by atoms with Crippen LogP contribution in [0.2, 0.25) is 0 Å². The molecule has 2 rings (SSSR count). The first-order valence-electron chi connectivity index (χ1n) is 6.76. The molecule has 4 nitrogen and oxygen atoms in total. The molecule has 0 aliphatic carbocycles. The summed E-state index contributed by atoms with van der Waals surface area (Å²) in [6.45, 7) is 5.31. The highest BCUT2D eigenvalue weighted by atomic mass is 16.2. The average molecular weight is 260 g/mol. The van der Waals surface area contributed by atoms with E-state index >= 15 is 0 Å². The highest BCUT2D eigenvalue weighted by Crippen LogP contribution is 2.18. The average Bonchev–Trinajstić information content (AvgIpc) is 2.44. The molecular formula is C15H20N2O2. The van der Waals surface area contributed by atoms with Crippen molar-refractivity contribution in [1.82, 2.24) is 4.90 Å². The van der Waals surface area contributed by atoms with Crippen molar-refractivity contribution in [1.29, 1.82) is 0 Å². The second-order valence-corrected chi connectivity index (χ2v) is 5.05. The molecule has 0 atom stereocenters. The van der Waals surface area contributed by atoms with Crippen molar-refractivity contribution in [2.75, 3.05) is 18.4 Å². The van der Waals surface area contributed by atoms with E-state index in [2.05, 4.69) is 5.32 Å². The maximum atomic E-state index is 12.0. The third-order valence-corrected chi connectivity index (χ3v) is 3.69. The summed E-state index contributed by atoms with van der Waals surface area (Å²) in [7, 11) is 0. The fourth-order valence-electron chi connectivity index (χ4n) is 2.30. The topological polar surface area (TPSA) is 49.4 Å². The van der Waals surface area contributed by atoms with E-state index in [9.17, 15) is 9.59 Å². The van der Waals surface area contributed by atoms with Gasteiger partial charge in [-0.2, -0.15) is 0 Å². The zero-order valence-corrected chi connectivity index (χ0v) is 11.5. The molecule has 1 aliphatic rings. The number of likely N-dealkylation sites (tertiary alicyclic amines) is 1. The Morgan fingerprint density at radius 2 is 1.79 bits per heavy atom. The first-order valence-corrected chi connectivity index (χ1v) is 6.76. The third kappa shape index (κ3) is 3.13. The monoisotopic (exact) mass is 260 g/mol. The van der Waals surface area contributed by atoms with Crippen LogP contribution in [0.25, 0.3) is 0 Å². The molecule has 0 bridgehead atoms. The fourth-order valence-corrected chi connectivity index (χ4v) is 2.30. The lowest BCUT2D eigenvalue weighted by Crippen LogP contribution is -2.42. The predicted molar refractivity (Wildman–Crippen MR) is 75.0 cm³/mol. The smallest absolute Gasteiger partial charge is 0.313 e. The molecule has 0 unspecified atom stereocenters. The van der Waals surface area contributed by atoms with Crippen LogP contribution in [-0.4, -0.2) is 29.8 Å². The molecule has 0 aromatic heterocycles. The standard InChI is InChI=1S/C15H20N2O2/c1-11-7-6-8-13(12(11)2)16-14(18)15(19)17-9-4-3-5-10-17/h6-8H,3-5,9-10H2,1-2H3,(H,16,18). The van der Waals surface area contributed by atoms with E-state index in [1.807, 2.05) is 32.0 Å². The molecule has 0 radical (unpaired) electrons. The Kier molecular flexibility index (Phi) is 4.20. The van der Waals surface area contributed by atoms with Gasteiger partial charge in [0.2, 0.25) is 0 Å². The Morgan fingerprint density at radius 1 is 1.11 bits per heavy atom. The van der Waals surface area contributed by atoms with Gasteiger partial charge in [0, 0.05) is 18.8 Å². The van der Waals surface area contributed by atoms with Crippen molar-refractivity contribution in [3.8, 4) is 0 Å². The minimum absolute atomic E-state index is 0.416. The van der Waals surface area contributed by atoms with Gasteiger partial charge >= 0.3 is 11.8 Å². The quantitative estimate of drug-likeness (QED) is 0.787. The van der Waals surface area contributed by atoms with Crippen LogP contribution in [0, 0.1) is 13.8 Å². The number of benzene rings is 1. The summed E-state index contributed by atoms with van der Waals surface area (Å²) in [6.07, 6.45) is 3.12. The molecule has 1 saturated heterocycles. The number of amides is 2. The molecule has 2 amide bonds. The van der Waals surface area contributed by atoms with Gasteiger partial charge in [0.25, 0.3) is 0 Å². The van der Waals surface area contributed by atoms with E-state index in [0.29, 0.717) is 13.1 Å². The van der Waals surface area contributed by atoms with Gasteiger partial charge in [0.05, 0.1) is 0 Å². The Hall–Kier alpha value is -1.84. The van der Waals surface area contributed by atoms with E-state index < -0.39 is 11.8 Å². The van der Waals surface area contributed by atoms with Gasteiger partial charge in [0.1, 0.15) is 0 Å². The summed E-state index contributed by atoms with van der Waals surface area (Å²) in [4.78, 5) is 25.6. The summed E-state index contributed by atoms with van der Waals surface area (Å²) in [5.74, 6) is -0.948. The minimum Gasteiger partial charge on any atom is -0.334 e. The number of hydrogen-bond acceptors (Lipinski definition) is 2. The Bertz CT molecular complexity index is 491. The van der Waals surface area contributed by atoms with Gasteiger partial charge in [0.15, 0.2) is 0 Å². The second kappa shape index (κ2) is 5.87. The highest BCUT2D eigenvalue weighted by molar-refractivity contribution is 6.39. The molecule has 1 heterocycles. The second-order valence-electron chi connectivity index (χ2n) is 5.05. The lowest BCUT2D eigenvalue weighted by atomic mass is 10.1.